The first kappa shape index (κ1) is 11.1. The van der Waals surface area contributed by atoms with Crippen molar-refractivity contribution in [2.45, 2.75) is 25.9 Å². The standard InChI is InChI=1S/C14H13FN2O/c15-11-4-2-8-16-13(11)9-18-14-7-6-10-3-1-5-12(10)17-14/h2,4,6-8H,1,3,5,9H2. The maximum absolute atomic E-state index is 13.3. The summed E-state index contributed by atoms with van der Waals surface area (Å²) in [5, 5.41) is 0. The van der Waals surface area contributed by atoms with Crippen molar-refractivity contribution in [1.29, 1.82) is 0 Å². The molecule has 2 aromatic heterocycles. The Kier molecular flexibility index (Phi) is 2.92. The molecular weight excluding hydrogens is 231 g/mol. The van der Waals surface area contributed by atoms with E-state index in [2.05, 4.69) is 9.97 Å². The number of hydrogen-bond acceptors (Lipinski definition) is 3. The van der Waals surface area contributed by atoms with E-state index >= 15 is 0 Å². The maximum atomic E-state index is 13.3. The van der Waals surface area contributed by atoms with Gasteiger partial charge in [-0.05, 0) is 37.0 Å². The molecule has 18 heavy (non-hydrogen) atoms. The number of ether oxygens (including phenoxy) is 1. The van der Waals surface area contributed by atoms with E-state index in [9.17, 15) is 4.39 Å². The number of halogens is 1. The highest BCUT2D eigenvalue weighted by Gasteiger charge is 2.13. The van der Waals surface area contributed by atoms with Gasteiger partial charge in [0.25, 0.3) is 0 Å². The van der Waals surface area contributed by atoms with Crippen LogP contribution in [-0.2, 0) is 19.4 Å². The highest BCUT2D eigenvalue weighted by Crippen LogP contribution is 2.22. The van der Waals surface area contributed by atoms with Crippen LogP contribution in [0.5, 0.6) is 5.88 Å². The molecule has 0 aromatic carbocycles. The van der Waals surface area contributed by atoms with E-state index < -0.39 is 0 Å². The molecule has 0 aliphatic heterocycles. The molecule has 0 bridgehead atoms. The van der Waals surface area contributed by atoms with Crippen molar-refractivity contribution in [2.24, 2.45) is 0 Å². The summed E-state index contributed by atoms with van der Waals surface area (Å²) in [6.07, 6.45) is 4.81. The Hall–Kier alpha value is -1.97. The third-order valence-electron chi connectivity index (χ3n) is 3.09. The van der Waals surface area contributed by atoms with E-state index in [1.54, 1.807) is 12.3 Å². The minimum Gasteiger partial charge on any atom is -0.471 e. The summed E-state index contributed by atoms with van der Waals surface area (Å²) < 4.78 is 18.8. The molecule has 0 fully saturated rings. The first-order valence-corrected chi connectivity index (χ1v) is 6.04. The average molecular weight is 244 g/mol. The van der Waals surface area contributed by atoms with E-state index in [0.717, 1.165) is 25.0 Å². The Morgan fingerprint density at radius 1 is 1.22 bits per heavy atom. The van der Waals surface area contributed by atoms with Crippen molar-refractivity contribution < 1.29 is 9.13 Å². The summed E-state index contributed by atoms with van der Waals surface area (Å²) in [6, 6.07) is 6.82. The van der Waals surface area contributed by atoms with Gasteiger partial charge in [0.2, 0.25) is 5.88 Å². The van der Waals surface area contributed by atoms with Gasteiger partial charge in [-0.2, -0.15) is 0 Å². The van der Waals surface area contributed by atoms with Gasteiger partial charge in [0.05, 0.1) is 0 Å². The van der Waals surface area contributed by atoms with Crippen LogP contribution in [0.2, 0.25) is 0 Å². The molecule has 0 unspecified atom stereocenters. The quantitative estimate of drug-likeness (QED) is 0.832. The van der Waals surface area contributed by atoms with Crippen LogP contribution >= 0.6 is 0 Å². The van der Waals surface area contributed by atoms with Crippen LogP contribution in [-0.4, -0.2) is 9.97 Å². The number of pyridine rings is 2. The molecular formula is C14H13FN2O. The molecule has 0 saturated carbocycles. The molecule has 0 N–H and O–H groups in total. The molecule has 0 atom stereocenters. The zero-order chi connectivity index (χ0) is 12.4. The second-order valence-electron chi connectivity index (χ2n) is 4.33. The summed E-state index contributed by atoms with van der Waals surface area (Å²) in [5.41, 5.74) is 2.71. The van der Waals surface area contributed by atoms with Crippen molar-refractivity contribution in [3.8, 4) is 5.88 Å². The SMILES string of the molecule is Fc1cccnc1COc1ccc2c(n1)CCC2. The number of aryl methyl sites for hydroxylation is 2. The van der Waals surface area contributed by atoms with Gasteiger partial charge < -0.3 is 4.74 Å². The van der Waals surface area contributed by atoms with Crippen LogP contribution < -0.4 is 4.74 Å². The molecule has 2 aromatic rings. The van der Waals surface area contributed by atoms with Gasteiger partial charge in [0.15, 0.2) is 0 Å². The van der Waals surface area contributed by atoms with Crippen molar-refractivity contribution in [2.75, 3.05) is 0 Å². The average Bonchev–Trinajstić information content (AvgIpc) is 2.85. The summed E-state index contributed by atoms with van der Waals surface area (Å²) in [7, 11) is 0. The van der Waals surface area contributed by atoms with Crippen LogP contribution in [0, 0.1) is 5.82 Å². The zero-order valence-electron chi connectivity index (χ0n) is 9.90. The molecule has 2 heterocycles. The van der Waals surface area contributed by atoms with Crippen molar-refractivity contribution in [1.82, 2.24) is 9.97 Å². The van der Waals surface area contributed by atoms with Crippen LogP contribution in [0.1, 0.15) is 23.4 Å². The molecule has 4 heteroatoms. The molecule has 0 amide bonds. The Morgan fingerprint density at radius 2 is 2.17 bits per heavy atom. The van der Waals surface area contributed by atoms with Gasteiger partial charge in [-0.15, -0.1) is 0 Å². The molecule has 92 valence electrons. The number of hydrogen-bond donors (Lipinski definition) is 0. The fraction of sp³-hybridized carbons (Fsp3) is 0.286. The minimum atomic E-state index is -0.348. The zero-order valence-corrected chi connectivity index (χ0v) is 9.90. The second-order valence-corrected chi connectivity index (χ2v) is 4.33. The Morgan fingerprint density at radius 3 is 3.06 bits per heavy atom. The Bertz CT molecular complexity index is 571. The van der Waals surface area contributed by atoms with Crippen LogP contribution in [0.25, 0.3) is 0 Å². The first-order valence-electron chi connectivity index (χ1n) is 6.04. The van der Waals surface area contributed by atoms with Gasteiger partial charge in [0.1, 0.15) is 18.1 Å². The predicted octanol–water partition coefficient (Wildman–Crippen LogP) is 2.68. The second kappa shape index (κ2) is 4.72. The summed E-state index contributed by atoms with van der Waals surface area (Å²) >= 11 is 0. The van der Waals surface area contributed by atoms with Gasteiger partial charge in [-0.3, -0.25) is 4.98 Å². The maximum Gasteiger partial charge on any atom is 0.213 e. The third kappa shape index (κ3) is 2.18. The lowest BCUT2D eigenvalue weighted by atomic mass is 10.2. The molecule has 0 spiro atoms. The lowest BCUT2D eigenvalue weighted by molar-refractivity contribution is 0.282. The van der Waals surface area contributed by atoms with Gasteiger partial charge in [-0.1, -0.05) is 6.07 Å². The molecule has 3 rings (SSSR count). The summed E-state index contributed by atoms with van der Waals surface area (Å²) in [5.74, 6) is 0.194. The van der Waals surface area contributed by atoms with E-state index in [4.69, 9.17) is 4.74 Å². The van der Waals surface area contributed by atoms with Crippen LogP contribution in [0.3, 0.4) is 0 Å². The third-order valence-corrected chi connectivity index (χ3v) is 3.09. The molecule has 0 saturated heterocycles. The van der Waals surface area contributed by atoms with E-state index in [1.165, 1.54) is 11.6 Å². The Balaban J connectivity index is 1.72. The number of nitrogens with zero attached hydrogens (tertiary/aromatic N) is 2. The Labute approximate surface area is 105 Å². The van der Waals surface area contributed by atoms with Crippen molar-refractivity contribution in [3.05, 3.63) is 53.2 Å². The molecule has 0 radical (unpaired) electrons. The highest BCUT2D eigenvalue weighted by molar-refractivity contribution is 5.29. The minimum absolute atomic E-state index is 0.110. The summed E-state index contributed by atoms with van der Waals surface area (Å²) in [6.45, 7) is 0.110. The highest BCUT2D eigenvalue weighted by atomic mass is 19.1. The largest absolute Gasteiger partial charge is 0.471 e. The number of aromatic nitrogens is 2. The number of fused-ring (bicyclic) bond motifs is 1. The normalized spacial score (nSPS) is 13.4. The lowest BCUT2D eigenvalue weighted by Crippen LogP contribution is -2.03. The van der Waals surface area contributed by atoms with Gasteiger partial charge in [-0.25, -0.2) is 9.37 Å². The van der Waals surface area contributed by atoms with Crippen molar-refractivity contribution in [3.63, 3.8) is 0 Å². The van der Waals surface area contributed by atoms with Crippen molar-refractivity contribution >= 4 is 0 Å². The lowest BCUT2D eigenvalue weighted by Gasteiger charge is -2.07. The molecule has 1 aliphatic rings. The summed E-state index contributed by atoms with van der Waals surface area (Å²) in [4.78, 5) is 8.36. The molecule has 1 aliphatic carbocycles. The first-order chi connectivity index (χ1) is 8.83. The van der Waals surface area contributed by atoms with Gasteiger partial charge >= 0.3 is 0 Å². The van der Waals surface area contributed by atoms with E-state index in [-0.39, 0.29) is 12.4 Å². The number of rotatable bonds is 3. The predicted molar refractivity (Wildman–Crippen MR) is 64.8 cm³/mol. The topological polar surface area (TPSA) is 35.0 Å². The van der Waals surface area contributed by atoms with Crippen LogP contribution in [0.15, 0.2) is 30.5 Å². The van der Waals surface area contributed by atoms with E-state index in [1.807, 2.05) is 12.1 Å². The molecule has 3 nitrogen and oxygen atoms in total. The fourth-order valence-electron chi connectivity index (χ4n) is 2.15. The monoisotopic (exact) mass is 244 g/mol. The van der Waals surface area contributed by atoms with Gasteiger partial charge in [0, 0.05) is 18.0 Å². The fourth-order valence-corrected chi connectivity index (χ4v) is 2.15. The smallest absolute Gasteiger partial charge is 0.213 e. The van der Waals surface area contributed by atoms with E-state index in [0.29, 0.717) is 11.6 Å². The van der Waals surface area contributed by atoms with Crippen LogP contribution in [0.4, 0.5) is 4.39 Å².